The minimum atomic E-state index is -0.803. The van der Waals surface area contributed by atoms with Crippen LogP contribution in [0.2, 0.25) is 0 Å². The maximum Gasteiger partial charge on any atom is 0.249 e. The highest BCUT2D eigenvalue weighted by Gasteiger charge is 2.35. The number of aromatic nitrogens is 2. The Balaban J connectivity index is 1.49. The van der Waals surface area contributed by atoms with Crippen LogP contribution in [0.25, 0.3) is 21.5 Å². The molecule has 5 aromatic rings. The lowest BCUT2D eigenvalue weighted by Crippen LogP contribution is -2.50. The van der Waals surface area contributed by atoms with Crippen LogP contribution in [0.15, 0.2) is 102 Å². The summed E-state index contributed by atoms with van der Waals surface area (Å²) in [5.41, 5.74) is 7.39. The zero-order chi connectivity index (χ0) is 31.4. The van der Waals surface area contributed by atoms with Gasteiger partial charge < -0.3 is 20.1 Å². The largest absolute Gasteiger partial charge is 0.337 e. The normalized spacial score (nSPS) is 13.3. The molecule has 2 amide bonds. The molecule has 1 aromatic heterocycles. The van der Waals surface area contributed by atoms with Gasteiger partial charge in [0.2, 0.25) is 17.7 Å². The van der Waals surface area contributed by atoms with Gasteiger partial charge in [0.25, 0.3) is 0 Å². The van der Waals surface area contributed by atoms with E-state index in [-0.39, 0.29) is 11.8 Å². The molecule has 226 valence electrons. The second-order valence-electron chi connectivity index (χ2n) is 12.0. The van der Waals surface area contributed by atoms with Crippen molar-refractivity contribution >= 4 is 33.4 Å². The van der Waals surface area contributed by atoms with E-state index in [9.17, 15) is 9.59 Å². The maximum absolute atomic E-state index is 14.5. The number of rotatable bonds is 10. The summed E-state index contributed by atoms with van der Waals surface area (Å²) in [6, 6.07) is 27.2. The molecule has 4 aromatic carbocycles. The van der Waals surface area contributed by atoms with Gasteiger partial charge in [-0.05, 0) is 53.4 Å². The molecule has 2 atom stereocenters. The number of carbonyl (C=O) groups is 2. The second-order valence-corrected chi connectivity index (χ2v) is 12.0. The molecule has 0 saturated heterocycles. The van der Waals surface area contributed by atoms with Crippen LogP contribution in [0.4, 0.5) is 0 Å². The average Bonchev–Trinajstić information content (AvgIpc) is 3.45. The number of hydrogen-bond donors (Lipinski definition) is 1. The minimum Gasteiger partial charge on any atom is -0.337 e. The molecule has 8 heteroatoms. The van der Waals surface area contributed by atoms with Crippen molar-refractivity contribution in [1.29, 1.82) is 0 Å². The van der Waals surface area contributed by atoms with Crippen molar-refractivity contribution in [2.24, 2.45) is 5.73 Å². The molecule has 0 aliphatic rings. The molecule has 44 heavy (non-hydrogen) atoms. The summed E-state index contributed by atoms with van der Waals surface area (Å²) in [7, 11) is 3.39. The highest BCUT2D eigenvalue weighted by Crippen LogP contribution is 2.27. The van der Waals surface area contributed by atoms with Gasteiger partial charge in [0.15, 0.2) is 5.82 Å². The summed E-state index contributed by atoms with van der Waals surface area (Å²) >= 11 is 0. The quantitative estimate of drug-likeness (QED) is 0.207. The van der Waals surface area contributed by atoms with Crippen LogP contribution >= 0.6 is 0 Å². The molecule has 1 heterocycles. The van der Waals surface area contributed by atoms with E-state index in [0.717, 1.165) is 32.7 Å². The third-order valence-corrected chi connectivity index (χ3v) is 7.89. The van der Waals surface area contributed by atoms with E-state index in [1.54, 1.807) is 32.0 Å². The molecule has 0 aliphatic heterocycles. The SMILES string of the molecule is Cc1noc(C(Cc2ccc3ccccc3c2)N(C)C(=O)C(Cc2ccc3ccccc3c2)N(C)C(=O)/C=C/C(C)(C)N)n1. The minimum absolute atomic E-state index is 0.240. The fraction of sp³-hybridized carbons (Fsp3) is 0.278. The monoisotopic (exact) mass is 589 g/mol. The van der Waals surface area contributed by atoms with Crippen molar-refractivity contribution in [3.05, 3.63) is 120 Å². The lowest BCUT2D eigenvalue weighted by Gasteiger charge is -2.33. The fourth-order valence-electron chi connectivity index (χ4n) is 5.35. The zero-order valence-corrected chi connectivity index (χ0v) is 25.9. The number of carbonyl (C=O) groups excluding carboxylic acids is 2. The van der Waals surface area contributed by atoms with Crippen molar-refractivity contribution in [2.45, 2.75) is 51.2 Å². The Morgan fingerprint density at radius 2 is 1.39 bits per heavy atom. The van der Waals surface area contributed by atoms with Crippen LogP contribution in [0, 0.1) is 6.92 Å². The number of benzene rings is 4. The molecular formula is C36H39N5O3. The van der Waals surface area contributed by atoms with Crippen molar-refractivity contribution < 1.29 is 14.1 Å². The molecule has 5 rings (SSSR count). The molecule has 2 unspecified atom stereocenters. The number of nitrogens with zero attached hydrogens (tertiary/aromatic N) is 4. The molecule has 0 aliphatic carbocycles. The van der Waals surface area contributed by atoms with Gasteiger partial charge in [0.05, 0.1) is 0 Å². The van der Waals surface area contributed by atoms with Crippen LogP contribution in [0.1, 0.15) is 42.7 Å². The lowest BCUT2D eigenvalue weighted by atomic mass is 9.97. The molecule has 0 fully saturated rings. The molecule has 2 N–H and O–H groups in total. The van der Waals surface area contributed by atoms with Gasteiger partial charge >= 0.3 is 0 Å². The Bertz CT molecular complexity index is 1820. The van der Waals surface area contributed by atoms with E-state index in [4.69, 9.17) is 10.3 Å². The Hall–Kier alpha value is -4.82. The van der Waals surface area contributed by atoms with Gasteiger partial charge in [0, 0.05) is 38.6 Å². The number of likely N-dealkylation sites (N-methyl/N-ethyl adjacent to an activating group) is 2. The van der Waals surface area contributed by atoms with Crippen molar-refractivity contribution in [2.75, 3.05) is 14.1 Å². The van der Waals surface area contributed by atoms with E-state index in [2.05, 4.69) is 46.5 Å². The van der Waals surface area contributed by atoms with Crippen molar-refractivity contribution in [3.8, 4) is 0 Å². The van der Waals surface area contributed by atoms with Crippen LogP contribution in [0.5, 0.6) is 0 Å². The average molecular weight is 590 g/mol. The van der Waals surface area contributed by atoms with Crippen molar-refractivity contribution in [1.82, 2.24) is 19.9 Å². The molecule has 0 saturated carbocycles. The molecule has 0 spiro atoms. The maximum atomic E-state index is 14.5. The van der Waals surface area contributed by atoms with Crippen LogP contribution < -0.4 is 5.73 Å². The first-order valence-corrected chi connectivity index (χ1v) is 14.8. The first kappa shape index (κ1) is 30.6. The first-order valence-electron chi connectivity index (χ1n) is 14.8. The summed E-state index contributed by atoms with van der Waals surface area (Å²) in [5.74, 6) is 0.278. The summed E-state index contributed by atoms with van der Waals surface area (Å²) < 4.78 is 5.63. The molecular weight excluding hydrogens is 550 g/mol. The van der Waals surface area contributed by atoms with Crippen LogP contribution in [-0.2, 0) is 22.4 Å². The Kier molecular flexibility index (Phi) is 8.92. The van der Waals surface area contributed by atoms with Gasteiger partial charge in [-0.2, -0.15) is 4.98 Å². The molecule has 0 radical (unpaired) electrons. The number of amides is 2. The summed E-state index contributed by atoms with van der Waals surface area (Å²) in [5, 5.41) is 8.43. The van der Waals surface area contributed by atoms with E-state index >= 15 is 0 Å². The molecule has 0 bridgehead atoms. The second kappa shape index (κ2) is 12.8. The predicted molar refractivity (Wildman–Crippen MR) is 174 cm³/mol. The zero-order valence-electron chi connectivity index (χ0n) is 25.9. The van der Waals surface area contributed by atoms with Gasteiger partial charge in [0.1, 0.15) is 12.1 Å². The third-order valence-electron chi connectivity index (χ3n) is 7.89. The van der Waals surface area contributed by atoms with E-state index in [0.29, 0.717) is 24.6 Å². The predicted octanol–water partition coefficient (Wildman–Crippen LogP) is 5.79. The number of fused-ring (bicyclic) bond motifs is 2. The number of hydrogen-bond acceptors (Lipinski definition) is 6. The van der Waals surface area contributed by atoms with Gasteiger partial charge in [-0.25, -0.2) is 0 Å². The standard InChI is InChI=1S/C36H39N5O3/c1-24-38-34(44-39-24)31(22-25-14-16-27-10-6-8-12-29(27)20-25)41(5)35(43)32(40(4)33(42)18-19-36(2,3)37)23-26-15-17-28-11-7-9-13-30(28)21-26/h6-21,31-32H,22-23,37H2,1-5H3/b19-18+. The van der Waals surface area contributed by atoms with Crippen molar-refractivity contribution in [3.63, 3.8) is 0 Å². The summed E-state index contributed by atoms with van der Waals surface area (Å²) in [6.07, 6.45) is 3.86. The smallest absolute Gasteiger partial charge is 0.249 e. The van der Waals surface area contributed by atoms with Crippen LogP contribution in [-0.4, -0.2) is 57.4 Å². The lowest BCUT2D eigenvalue weighted by molar-refractivity contribution is -0.143. The highest BCUT2D eigenvalue weighted by atomic mass is 16.5. The summed E-state index contributed by atoms with van der Waals surface area (Å²) in [6.45, 7) is 5.38. The van der Waals surface area contributed by atoms with Crippen LogP contribution in [0.3, 0.4) is 0 Å². The van der Waals surface area contributed by atoms with Gasteiger partial charge in [-0.1, -0.05) is 96.2 Å². The van der Waals surface area contributed by atoms with Gasteiger partial charge in [-0.3, -0.25) is 9.59 Å². The Labute approximate surface area is 258 Å². The van der Waals surface area contributed by atoms with E-state index < -0.39 is 17.6 Å². The first-order chi connectivity index (χ1) is 21.0. The Morgan fingerprint density at radius 1 is 0.841 bits per heavy atom. The van der Waals surface area contributed by atoms with Gasteiger partial charge in [-0.15, -0.1) is 0 Å². The number of aryl methyl sites for hydroxylation is 1. The number of nitrogens with two attached hydrogens (primary N) is 1. The third kappa shape index (κ3) is 7.21. The van der Waals surface area contributed by atoms with E-state index in [1.165, 1.54) is 11.0 Å². The molecule has 8 nitrogen and oxygen atoms in total. The summed E-state index contributed by atoms with van der Waals surface area (Å²) in [4.78, 5) is 35.5. The fourth-order valence-corrected chi connectivity index (χ4v) is 5.35. The topological polar surface area (TPSA) is 106 Å². The Morgan fingerprint density at radius 3 is 1.91 bits per heavy atom. The van der Waals surface area contributed by atoms with E-state index in [1.807, 2.05) is 62.4 Å². The highest BCUT2D eigenvalue weighted by molar-refractivity contribution is 5.93.